The molecule has 2 rings (SSSR count). The summed E-state index contributed by atoms with van der Waals surface area (Å²) >= 11 is 3.23. The first-order valence-electron chi connectivity index (χ1n) is 4.31. The van der Waals surface area contributed by atoms with Gasteiger partial charge in [-0.15, -0.1) is 0 Å². The summed E-state index contributed by atoms with van der Waals surface area (Å²) < 4.78 is 13.6. The number of hydrogen-bond donors (Lipinski definition) is 2. The number of nitrogens with one attached hydrogen (secondary N) is 2. The molecule has 0 aliphatic heterocycles. The topological polar surface area (TPSA) is 44.9 Å². The molecule has 0 bridgehead atoms. The third kappa shape index (κ3) is 1.74. The van der Waals surface area contributed by atoms with Crippen LogP contribution in [0.1, 0.15) is 10.5 Å². The molecular formula is C10H8BrFN2O. The van der Waals surface area contributed by atoms with E-state index in [0.29, 0.717) is 15.6 Å². The number of aromatic amines is 1. The Balaban J connectivity index is 2.65. The molecule has 0 spiro atoms. The molecule has 3 nitrogen and oxygen atoms in total. The maximum atomic E-state index is 13.0. The number of amides is 1. The molecule has 15 heavy (non-hydrogen) atoms. The van der Waals surface area contributed by atoms with Crippen molar-refractivity contribution in [3.05, 3.63) is 34.2 Å². The number of hydrogen-bond acceptors (Lipinski definition) is 1. The average molecular weight is 271 g/mol. The van der Waals surface area contributed by atoms with E-state index >= 15 is 0 Å². The third-order valence-electron chi connectivity index (χ3n) is 2.12. The first-order valence-corrected chi connectivity index (χ1v) is 5.11. The summed E-state index contributed by atoms with van der Waals surface area (Å²) in [5.41, 5.74) is 1.13. The van der Waals surface area contributed by atoms with Gasteiger partial charge in [-0.05, 0) is 34.1 Å². The summed E-state index contributed by atoms with van der Waals surface area (Å²) in [4.78, 5) is 14.2. The summed E-state index contributed by atoms with van der Waals surface area (Å²) in [5, 5.41) is 3.16. The van der Waals surface area contributed by atoms with Crippen LogP contribution in [0.4, 0.5) is 4.39 Å². The predicted molar refractivity (Wildman–Crippen MR) is 59.3 cm³/mol. The molecule has 1 heterocycles. The molecule has 0 unspecified atom stereocenters. The summed E-state index contributed by atoms with van der Waals surface area (Å²) in [6, 6.07) is 4.34. The molecule has 0 saturated carbocycles. The van der Waals surface area contributed by atoms with Crippen LogP contribution in [0.3, 0.4) is 0 Å². The second-order valence-electron chi connectivity index (χ2n) is 3.11. The molecule has 1 aromatic carbocycles. The van der Waals surface area contributed by atoms with Crippen molar-refractivity contribution < 1.29 is 9.18 Å². The first-order chi connectivity index (χ1) is 7.11. The highest BCUT2D eigenvalue weighted by Gasteiger charge is 2.10. The lowest BCUT2D eigenvalue weighted by Gasteiger charge is -1.94. The number of carbonyl (C=O) groups is 1. The quantitative estimate of drug-likeness (QED) is 0.822. The number of halogens is 2. The van der Waals surface area contributed by atoms with Crippen LogP contribution < -0.4 is 5.32 Å². The van der Waals surface area contributed by atoms with Gasteiger partial charge in [0.15, 0.2) is 0 Å². The highest BCUT2D eigenvalue weighted by molar-refractivity contribution is 9.10. The van der Waals surface area contributed by atoms with Crippen LogP contribution in [-0.2, 0) is 0 Å². The van der Waals surface area contributed by atoms with Crippen LogP contribution in [0.15, 0.2) is 22.7 Å². The van der Waals surface area contributed by atoms with Crippen molar-refractivity contribution in [2.24, 2.45) is 0 Å². The van der Waals surface area contributed by atoms with Crippen LogP contribution in [0, 0.1) is 5.82 Å². The second kappa shape index (κ2) is 3.66. The molecule has 0 atom stereocenters. The Morgan fingerprint density at radius 3 is 2.87 bits per heavy atom. The van der Waals surface area contributed by atoms with Gasteiger partial charge in [-0.2, -0.15) is 0 Å². The van der Waals surface area contributed by atoms with E-state index in [1.54, 1.807) is 13.1 Å². The fraction of sp³-hybridized carbons (Fsp3) is 0.100. The number of rotatable bonds is 1. The number of benzene rings is 1. The summed E-state index contributed by atoms with van der Waals surface area (Å²) in [6.07, 6.45) is 0. The molecule has 78 valence electrons. The number of H-pyrrole nitrogens is 1. The Bertz CT molecular complexity index is 535. The van der Waals surface area contributed by atoms with E-state index < -0.39 is 0 Å². The van der Waals surface area contributed by atoms with Crippen molar-refractivity contribution in [3.8, 4) is 0 Å². The zero-order valence-electron chi connectivity index (χ0n) is 7.90. The first kappa shape index (κ1) is 10.2. The predicted octanol–water partition coefficient (Wildman–Crippen LogP) is 2.43. The van der Waals surface area contributed by atoms with Crippen molar-refractivity contribution in [2.75, 3.05) is 7.05 Å². The van der Waals surface area contributed by atoms with Gasteiger partial charge in [-0.1, -0.05) is 0 Å². The van der Waals surface area contributed by atoms with Gasteiger partial charge >= 0.3 is 0 Å². The van der Waals surface area contributed by atoms with E-state index in [1.165, 1.54) is 12.1 Å². The maximum Gasteiger partial charge on any atom is 0.267 e. The second-order valence-corrected chi connectivity index (χ2v) is 3.97. The van der Waals surface area contributed by atoms with Crippen molar-refractivity contribution in [3.63, 3.8) is 0 Å². The molecule has 1 aromatic heterocycles. The van der Waals surface area contributed by atoms with Crippen molar-refractivity contribution in [1.82, 2.24) is 10.3 Å². The van der Waals surface area contributed by atoms with Crippen LogP contribution >= 0.6 is 15.9 Å². The lowest BCUT2D eigenvalue weighted by molar-refractivity contribution is 0.0959. The van der Waals surface area contributed by atoms with E-state index in [2.05, 4.69) is 26.2 Å². The van der Waals surface area contributed by atoms with Crippen LogP contribution in [-0.4, -0.2) is 17.9 Å². The fourth-order valence-electron chi connectivity index (χ4n) is 1.42. The van der Waals surface area contributed by atoms with Gasteiger partial charge in [-0.3, -0.25) is 4.79 Å². The van der Waals surface area contributed by atoms with Crippen LogP contribution in [0.25, 0.3) is 10.9 Å². The van der Waals surface area contributed by atoms with E-state index in [1.807, 2.05) is 0 Å². The Morgan fingerprint density at radius 2 is 2.20 bits per heavy atom. The SMILES string of the molecule is CNC(=O)c1cc2cc(F)cc(Br)c2[nH]1. The van der Waals surface area contributed by atoms with Crippen LogP contribution in [0.2, 0.25) is 0 Å². The van der Waals surface area contributed by atoms with E-state index in [-0.39, 0.29) is 11.7 Å². The molecule has 2 aromatic rings. The van der Waals surface area contributed by atoms with E-state index in [0.717, 1.165) is 5.52 Å². The van der Waals surface area contributed by atoms with E-state index in [4.69, 9.17) is 0 Å². The molecule has 1 amide bonds. The fourth-order valence-corrected chi connectivity index (χ4v) is 1.97. The highest BCUT2D eigenvalue weighted by atomic mass is 79.9. The van der Waals surface area contributed by atoms with Gasteiger partial charge in [0, 0.05) is 16.9 Å². The Kier molecular flexibility index (Phi) is 2.48. The minimum atomic E-state index is -0.336. The van der Waals surface area contributed by atoms with Gasteiger partial charge in [-0.25, -0.2) is 4.39 Å². The minimum Gasteiger partial charge on any atom is -0.354 e. The number of aromatic nitrogens is 1. The largest absolute Gasteiger partial charge is 0.354 e. The van der Waals surface area contributed by atoms with Crippen molar-refractivity contribution in [1.29, 1.82) is 0 Å². The number of fused-ring (bicyclic) bond motifs is 1. The average Bonchev–Trinajstić information content (AvgIpc) is 2.60. The molecule has 0 radical (unpaired) electrons. The lowest BCUT2D eigenvalue weighted by Crippen LogP contribution is -2.17. The molecule has 0 aliphatic rings. The zero-order chi connectivity index (χ0) is 11.0. The molecule has 5 heteroatoms. The summed E-state index contributed by atoms with van der Waals surface area (Å²) in [5.74, 6) is -0.560. The third-order valence-corrected chi connectivity index (χ3v) is 2.74. The molecular weight excluding hydrogens is 263 g/mol. The van der Waals surface area contributed by atoms with Crippen molar-refractivity contribution >= 4 is 32.7 Å². The van der Waals surface area contributed by atoms with Gasteiger partial charge in [0.1, 0.15) is 11.5 Å². The molecule has 0 aliphatic carbocycles. The standard InChI is InChI=1S/C10H8BrFN2O/c1-13-10(15)8-3-5-2-6(12)4-7(11)9(5)14-8/h2-4,14H,1H3,(H,13,15). The highest BCUT2D eigenvalue weighted by Crippen LogP contribution is 2.25. The van der Waals surface area contributed by atoms with E-state index in [9.17, 15) is 9.18 Å². The molecule has 2 N–H and O–H groups in total. The maximum absolute atomic E-state index is 13.0. The van der Waals surface area contributed by atoms with Crippen molar-refractivity contribution in [2.45, 2.75) is 0 Å². The van der Waals surface area contributed by atoms with Gasteiger partial charge < -0.3 is 10.3 Å². The minimum absolute atomic E-state index is 0.224. The monoisotopic (exact) mass is 270 g/mol. The number of carbonyl (C=O) groups excluding carboxylic acids is 1. The molecule has 0 fully saturated rings. The smallest absolute Gasteiger partial charge is 0.267 e. The van der Waals surface area contributed by atoms with Gasteiger partial charge in [0.2, 0.25) is 0 Å². The Labute approximate surface area is 93.8 Å². The van der Waals surface area contributed by atoms with Gasteiger partial charge in [0.05, 0.1) is 5.52 Å². The molecule has 0 saturated heterocycles. The Hall–Kier alpha value is -1.36. The zero-order valence-corrected chi connectivity index (χ0v) is 9.48. The lowest BCUT2D eigenvalue weighted by atomic mass is 10.2. The Morgan fingerprint density at radius 1 is 1.47 bits per heavy atom. The summed E-state index contributed by atoms with van der Waals surface area (Å²) in [6.45, 7) is 0. The normalized spacial score (nSPS) is 10.6. The summed E-state index contributed by atoms with van der Waals surface area (Å²) in [7, 11) is 1.55. The van der Waals surface area contributed by atoms with Gasteiger partial charge in [0.25, 0.3) is 5.91 Å². The van der Waals surface area contributed by atoms with Crippen LogP contribution in [0.5, 0.6) is 0 Å².